The van der Waals surface area contributed by atoms with Gasteiger partial charge in [-0.25, -0.2) is 0 Å². The Hall–Kier alpha value is -1.59. The molecule has 1 aliphatic heterocycles. The smallest absolute Gasteiger partial charge is 0.247 e. The van der Waals surface area contributed by atoms with Gasteiger partial charge in [-0.2, -0.15) is 0 Å². The molecule has 0 bridgehead atoms. The van der Waals surface area contributed by atoms with Crippen LogP contribution in [-0.2, 0) is 20.7 Å². The molecule has 2 N–H and O–H groups in total. The molecule has 5 heteroatoms. The number of carbonyl (C=O) groups is 1. The zero-order valence-electron chi connectivity index (χ0n) is 12.1. The highest BCUT2D eigenvalue weighted by Crippen LogP contribution is 2.31. The number of methoxy groups -OCH3 is 1. The first-order chi connectivity index (χ1) is 9.42. The van der Waals surface area contributed by atoms with Crippen molar-refractivity contribution < 1.29 is 19.0 Å². The number of nitrogens with two attached hydrogens (primary N) is 1. The summed E-state index contributed by atoms with van der Waals surface area (Å²) in [6.07, 6.45) is -0.502. The number of primary amides is 1. The zero-order chi connectivity index (χ0) is 14.8. The molecule has 1 amide bonds. The summed E-state index contributed by atoms with van der Waals surface area (Å²) in [5.74, 6) is 0.355. The average molecular weight is 279 g/mol. The van der Waals surface area contributed by atoms with Gasteiger partial charge in [0, 0.05) is 11.8 Å². The molecule has 1 saturated heterocycles. The summed E-state index contributed by atoms with van der Waals surface area (Å²) in [5.41, 5.74) is 6.05. The molecule has 20 heavy (non-hydrogen) atoms. The van der Waals surface area contributed by atoms with Crippen molar-refractivity contribution in [1.29, 1.82) is 0 Å². The van der Waals surface area contributed by atoms with Gasteiger partial charge in [0.15, 0.2) is 6.29 Å². The van der Waals surface area contributed by atoms with E-state index < -0.39 is 23.7 Å². The number of rotatable bonds is 4. The minimum Gasteiger partial charge on any atom is -0.497 e. The van der Waals surface area contributed by atoms with Crippen LogP contribution in [0, 0.1) is 5.41 Å². The summed E-state index contributed by atoms with van der Waals surface area (Å²) in [5, 5.41) is 0. The molecule has 0 aromatic heterocycles. The number of hydrogen-bond acceptors (Lipinski definition) is 4. The highest BCUT2D eigenvalue weighted by molar-refractivity contribution is 5.79. The second kappa shape index (κ2) is 5.81. The van der Waals surface area contributed by atoms with Gasteiger partial charge in [0.1, 0.15) is 11.9 Å². The summed E-state index contributed by atoms with van der Waals surface area (Å²) in [7, 11) is 1.63. The Bertz CT molecular complexity index is 469. The van der Waals surface area contributed by atoms with Crippen molar-refractivity contribution in [1.82, 2.24) is 0 Å². The summed E-state index contributed by atoms with van der Waals surface area (Å²) >= 11 is 0. The van der Waals surface area contributed by atoms with Crippen LogP contribution < -0.4 is 10.5 Å². The predicted molar refractivity (Wildman–Crippen MR) is 74.3 cm³/mol. The Labute approximate surface area is 119 Å². The molecule has 0 saturated carbocycles. The van der Waals surface area contributed by atoms with E-state index in [1.807, 2.05) is 38.1 Å². The molecule has 5 nitrogen and oxygen atoms in total. The number of amides is 1. The summed E-state index contributed by atoms with van der Waals surface area (Å²) in [4.78, 5) is 11.5. The number of carbonyl (C=O) groups excluding carboxylic acids is 1. The third-order valence-corrected chi connectivity index (χ3v) is 3.46. The minimum atomic E-state index is -0.625. The minimum absolute atomic E-state index is 0.401. The Morgan fingerprint density at radius 1 is 1.40 bits per heavy atom. The molecule has 1 heterocycles. The van der Waals surface area contributed by atoms with Crippen LogP contribution in [0.15, 0.2) is 24.3 Å². The lowest BCUT2D eigenvalue weighted by atomic mass is 9.86. The van der Waals surface area contributed by atoms with E-state index in [-0.39, 0.29) is 0 Å². The normalized spacial score (nSPS) is 25.1. The molecular weight excluding hydrogens is 258 g/mol. The molecule has 1 fully saturated rings. The van der Waals surface area contributed by atoms with Crippen LogP contribution in [-0.4, -0.2) is 32.0 Å². The molecule has 110 valence electrons. The maximum atomic E-state index is 11.5. The topological polar surface area (TPSA) is 70.8 Å². The molecule has 2 unspecified atom stereocenters. The Morgan fingerprint density at radius 3 is 2.60 bits per heavy atom. The third-order valence-electron chi connectivity index (χ3n) is 3.46. The van der Waals surface area contributed by atoms with Gasteiger partial charge in [-0.05, 0) is 17.7 Å². The van der Waals surface area contributed by atoms with E-state index in [4.69, 9.17) is 19.9 Å². The van der Waals surface area contributed by atoms with Gasteiger partial charge >= 0.3 is 0 Å². The lowest BCUT2D eigenvalue weighted by Gasteiger charge is -2.40. The van der Waals surface area contributed by atoms with Crippen molar-refractivity contribution in [3.05, 3.63) is 29.8 Å². The lowest BCUT2D eigenvalue weighted by molar-refractivity contribution is -0.252. The van der Waals surface area contributed by atoms with Crippen LogP contribution in [0.4, 0.5) is 0 Å². The second-order valence-corrected chi connectivity index (χ2v) is 5.70. The van der Waals surface area contributed by atoms with Crippen molar-refractivity contribution >= 4 is 5.91 Å². The van der Waals surface area contributed by atoms with Gasteiger partial charge in [0.2, 0.25) is 5.91 Å². The van der Waals surface area contributed by atoms with Crippen LogP contribution in [0.2, 0.25) is 0 Å². The maximum absolute atomic E-state index is 11.5. The summed E-state index contributed by atoms with van der Waals surface area (Å²) in [6.45, 7) is 4.26. The maximum Gasteiger partial charge on any atom is 0.247 e. The van der Waals surface area contributed by atoms with Gasteiger partial charge in [-0.3, -0.25) is 4.79 Å². The van der Waals surface area contributed by atoms with E-state index in [2.05, 4.69) is 0 Å². The largest absolute Gasteiger partial charge is 0.497 e. The van der Waals surface area contributed by atoms with Crippen molar-refractivity contribution in [2.75, 3.05) is 13.7 Å². The lowest BCUT2D eigenvalue weighted by Crippen LogP contribution is -2.52. The van der Waals surface area contributed by atoms with Gasteiger partial charge in [0.05, 0.1) is 13.7 Å². The van der Waals surface area contributed by atoms with Crippen LogP contribution in [0.1, 0.15) is 19.4 Å². The molecule has 0 spiro atoms. The highest BCUT2D eigenvalue weighted by atomic mass is 16.7. The third kappa shape index (κ3) is 3.29. The molecule has 0 radical (unpaired) electrons. The standard InChI is InChI=1S/C15H21NO4/c1-15(2)9-19-12(20-13(15)14(16)17)8-10-4-6-11(18-3)7-5-10/h4-7,12-13H,8-9H2,1-3H3,(H2,16,17). The second-order valence-electron chi connectivity index (χ2n) is 5.70. The van der Waals surface area contributed by atoms with Gasteiger partial charge in [-0.15, -0.1) is 0 Å². The van der Waals surface area contributed by atoms with Crippen molar-refractivity contribution in [3.8, 4) is 5.75 Å². The average Bonchev–Trinajstić information content (AvgIpc) is 2.41. The van der Waals surface area contributed by atoms with Gasteiger partial charge in [0.25, 0.3) is 0 Å². The fraction of sp³-hybridized carbons (Fsp3) is 0.533. The number of ether oxygens (including phenoxy) is 3. The van der Waals surface area contributed by atoms with E-state index in [1.54, 1.807) is 7.11 Å². The van der Waals surface area contributed by atoms with E-state index in [0.717, 1.165) is 11.3 Å². The van der Waals surface area contributed by atoms with Crippen LogP contribution in [0.3, 0.4) is 0 Å². The Balaban J connectivity index is 2.01. The Morgan fingerprint density at radius 2 is 2.05 bits per heavy atom. The molecular formula is C15H21NO4. The summed E-state index contributed by atoms with van der Waals surface area (Å²) in [6, 6.07) is 7.66. The van der Waals surface area contributed by atoms with Crippen LogP contribution in [0.25, 0.3) is 0 Å². The van der Waals surface area contributed by atoms with Gasteiger partial charge in [-0.1, -0.05) is 26.0 Å². The van der Waals surface area contributed by atoms with Crippen molar-refractivity contribution in [2.45, 2.75) is 32.7 Å². The fourth-order valence-corrected chi connectivity index (χ4v) is 2.27. The van der Waals surface area contributed by atoms with Crippen LogP contribution >= 0.6 is 0 Å². The molecule has 2 atom stereocenters. The molecule has 1 aliphatic rings. The first-order valence-electron chi connectivity index (χ1n) is 6.62. The van der Waals surface area contributed by atoms with E-state index in [1.165, 1.54) is 0 Å². The van der Waals surface area contributed by atoms with Crippen molar-refractivity contribution in [3.63, 3.8) is 0 Å². The van der Waals surface area contributed by atoms with Crippen molar-refractivity contribution in [2.24, 2.45) is 11.1 Å². The zero-order valence-corrected chi connectivity index (χ0v) is 12.1. The predicted octanol–water partition coefficient (Wildman–Crippen LogP) is 1.49. The SMILES string of the molecule is COc1ccc(CC2OCC(C)(C)C(C(N)=O)O2)cc1. The van der Waals surface area contributed by atoms with E-state index >= 15 is 0 Å². The first-order valence-corrected chi connectivity index (χ1v) is 6.62. The summed E-state index contributed by atoms with van der Waals surface area (Å²) < 4.78 is 16.5. The fourth-order valence-electron chi connectivity index (χ4n) is 2.27. The van der Waals surface area contributed by atoms with Gasteiger partial charge < -0.3 is 19.9 Å². The molecule has 0 aliphatic carbocycles. The highest BCUT2D eigenvalue weighted by Gasteiger charge is 2.41. The first kappa shape index (κ1) is 14.8. The number of hydrogen-bond donors (Lipinski definition) is 1. The van der Waals surface area contributed by atoms with Crippen LogP contribution in [0.5, 0.6) is 5.75 Å². The monoisotopic (exact) mass is 279 g/mol. The van der Waals surface area contributed by atoms with E-state index in [0.29, 0.717) is 13.0 Å². The quantitative estimate of drug-likeness (QED) is 0.906. The molecule has 1 aromatic carbocycles. The van der Waals surface area contributed by atoms with E-state index in [9.17, 15) is 4.79 Å². The number of benzene rings is 1. The molecule has 2 rings (SSSR count). The molecule has 1 aromatic rings. The Kier molecular flexibility index (Phi) is 4.30.